The fourth-order valence-corrected chi connectivity index (χ4v) is 4.52. The van der Waals surface area contributed by atoms with Crippen molar-refractivity contribution in [2.45, 2.75) is 0 Å². The number of pyridine rings is 1. The molecule has 11 heteroatoms. The van der Waals surface area contributed by atoms with E-state index in [2.05, 4.69) is 25.2 Å². The Morgan fingerprint density at radius 3 is 2.85 bits per heavy atom. The number of thiophene rings is 1. The summed E-state index contributed by atoms with van der Waals surface area (Å²) in [4.78, 5) is 26.6. The molecule has 1 aromatic carbocycles. The summed E-state index contributed by atoms with van der Waals surface area (Å²) in [7, 11) is 1.57. The van der Waals surface area contributed by atoms with E-state index in [-0.39, 0.29) is 5.69 Å². The SMILES string of the molecule is COc1nc(N2CCOCC2)ccc1Nc1ncc2scc(-c3cccc([N+](=O)[O-])c3)c2n1. The quantitative estimate of drug-likeness (QED) is 0.330. The maximum Gasteiger partial charge on any atom is 0.270 e. The van der Waals surface area contributed by atoms with Crippen molar-refractivity contribution in [3.63, 3.8) is 0 Å². The predicted molar refractivity (Wildman–Crippen MR) is 127 cm³/mol. The first kappa shape index (κ1) is 21.0. The van der Waals surface area contributed by atoms with Crippen molar-refractivity contribution in [3.05, 3.63) is 58.1 Å². The number of nitro groups is 1. The van der Waals surface area contributed by atoms with Crippen LogP contribution in [0.1, 0.15) is 0 Å². The van der Waals surface area contributed by atoms with Gasteiger partial charge >= 0.3 is 0 Å². The molecule has 0 unspecified atom stereocenters. The molecule has 33 heavy (non-hydrogen) atoms. The number of fused-ring (bicyclic) bond motifs is 1. The maximum atomic E-state index is 11.2. The number of nitro benzene ring substituents is 1. The monoisotopic (exact) mass is 464 g/mol. The van der Waals surface area contributed by atoms with E-state index in [0.717, 1.165) is 40.3 Å². The number of nitrogens with zero attached hydrogens (tertiary/aromatic N) is 5. The minimum Gasteiger partial charge on any atom is -0.479 e. The van der Waals surface area contributed by atoms with Crippen LogP contribution < -0.4 is 15.0 Å². The number of aromatic nitrogens is 3. The van der Waals surface area contributed by atoms with Crippen molar-refractivity contribution in [1.29, 1.82) is 0 Å². The van der Waals surface area contributed by atoms with E-state index < -0.39 is 4.92 Å². The Hall–Kier alpha value is -3.83. The summed E-state index contributed by atoms with van der Waals surface area (Å²) in [5, 5.41) is 16.3. The van der Waals surface area contributed by atoms with Gasteiger partial charge in [0.25, 0.3) is 5.69 Å². The predicted octanol–water partition coefficient (Wildman–Crippen LogP) is 4.25. The Labute approximate surface area is 193 Å². The minimum absolute atomic E-state index is 0.0374. The summed E-state index contributed by atoms with van der Waals surface area (Å²) in [6.45, 7) is 2.90. The van der Waals surface area contributed by atoms with E-state index in [1.54, 1.807) is 25.4 Å². The van der Waals surface area contributed by atoms with Gasteiger partial charge in [0.2, 0.25) is 11.8 Å². The zero-order chi connectivity index (χ0) is 22.8. The average molecular weight is 465 g/mol. The molecule has 0 atom stereocenters. The van der Waals surface area contributed by atoms with Crippen LogP contribution in [0.2, 0.25) is 0 Å². The molecular weight excluding hydrogens is 444 g/mol. The first-order valence-corrected chi connectivity index (χ1v) is 11.1. The van der Waals surface area contributed by atoms with Gasteiger partial charge in [0.05, 0.1) is 41.7 Å². The van der Waals surface area contributed by atoms with Gasteiger partial charge in [0.1, 0.15) is 11.5 Å². The number of morpholine rings is 1. The number of ether oxygens (including phenoxy) is 2. The van der Waals surface area contributed by atoms with E-state index >= 15 is 0 Å². The molecule has 10 nitrogen and oxygen atoms in total. The number of hydrogen-bond acceptors (Lipinski definition) is 10. The lowest BCUT2D eigenvalue weighted by molar-refractivity contribution is -0.384. The molecule has 1 aliphatic heterocycles. The number of rotatable bonds is 6. The molecule has 1 fully saturated rings. The van der Waals surface area contributed by atoms with E-state index in [9.17, 15) is 10.1 Å². The molecule has 0 spiro atoms. The highest BCUT2D eigenvalue weighted by Gasteiger charge is 2.17. The second-order valence-electron chi connectivity index (χ2n) is 7.31. The fourth-order valence-electron chi connectivity index (χ4n) is 3.65. The summed E-state index contributed by atoms with van der Waals surface area (Å²) in [6, 6.07) is 10.3. The van der Waals surface area contributed by atoms with E-state index in [1.807, 2.05) is 23.6 Å². The molecule has 0 aliphatic carbocycles. The summed E-state index contributed by atoms with van der Waals surface area (Å²) in [6.07, 6.45) is 1.73. The first-order chi connectivity index (χ1) is 16.1. The fraction of sp³-hybridized carbons (Fsp3) is 0.227. The average Bonchev–Trinajstić information content (AvgIpc) is 3.28. The lowest BCUT2D eigenvalue weighted by Crippen LogP contribution is -2.36. The van der Waals surface area contributed by atoms with Gasteiger partial charge < -0.3 is 19.7 Å². The van der Waals surface area contributed by atoms with Gasteiger partial charge in [-0.05, 0) is 17.7 Å². The Bertz CT molecular complexity index is 1320. The summed E-state index contributed by atoms with van der Waals surface area (Å²) < 4.78 is 11.8. The van der Waals surface area contributed by atoms with Crippen molar-refractivity contribution in [3.8, 4) is 17.0 Å². The molecule has 4 aromatic rings. The van der Waals surface area contributed by atoms with Crippen LogP contribution in [-0.2, 0) is 4.74 Å². The molecule has 0 amide bonds. The van der Waals surface area contributed by atoms with Gasteiger partial charge in [0.15, 0.2) is 0 Å². The Morgan fingerprint density at radius 2 is 2.06 bits per heavy atom. The van der Waals surface area contributed by atoms with Gasteiger partial charge in [0, 0.05) is 36.2 Å². The summed E-state index contributed by atoms with van der Waals surface area (Å²) in [5.74, 6) is 1.64. The van der Waals surface area contributed by atoms with Gasteiger partial charge in [-0.2, -0.15) is 4.98 Å². The van der Waals surface area contributed by atoms with Crippen molar-refractivity contribution in [2.75, 3.05) is 43.6 Å². The van der Waals surface area contributed by atoms with Crippen LogP contribution >= 0.6 is 11.3 Å². The molecule has 0 radical (unpaired) electrons. The molecule has 1 saturated heterocycles. The smallest absolute Gasteiger partial charge is 0.270 e. The van der Waals surface area contributed by atoms with Gasteiger partial charge in [-0.3, -0.25) is 10.1 Å². The van der Waals surface area contributed by atoms with Crippen molar-refractivity contribution in [2.24, 2.45) is 0 Å². The van der Waals surface area contributed by atoms with Crippen molar-refractivity contribution in [1.82, 2.24) is 15.0 Å². The summed E-state index contributed by atoms with van der Waals surface area (Å²) >= 11 is 1.49. The highest BCUT2D eigenvalue weighted by atomic mass is 32.1. The number of methoxy groups -OCH3 is 1. The Balaban J connectivity index is 1.45. The third kappa shape index (κ3) is 4.28. The molecule has 1 aliphatic rings. The highest BCUT2D eigenvalue weighted by Crippen LogP contribution is 2.35. The van der Waals surface area contributed by atoms with Gasteiger partial charge in [-0.25, -0.2) is 9.97 Å². The van der Waals surface area contributed by atoms with Crippen molar-refractivity contribution >= 4 is 44.7 Å². The van der Waals surface area contributed by atoms with Gasteiger partial charge in [-0.1, -0.05) is 12.1 Å². The van der Waals surface area contributed by atoms with Crippen LogP contribution in [0, 0.1) is 10.1 Å². The van der Waals surface area contributed by atoms with E-state index in [1.165, 1.54) is 17.4 Å². The number of anilines is 3. The van der Waals surface area contributed by atoms with Crippen LogP contribution in [0.5, 0.6) is 5.88 Å². The molecule has 4 heterocycles. The molecular formula is C22H20N6O4S. The zero-order valence-electron chi connectivity index (χ0n) is 17.7. The standard InChI is InChI=1S/C22H20N6O4S/c1-31-21-17(5-6-19(25-21)27-7-9-32-10-8-27)24-22-23-12-18-20(26-22)16(13-33-18)14-3-2-4-15(11-14)28(29)30/h2-6,11-13H,7-10H2,1H3,(H,23,24,26). The van der Waals surface area contributed by atoms with Crippen LogP contribution in [0.4, 0.5) is 23.1 Å². The maximum absolute atomic E-state index is 11.2. The van der Waals surface area contributed by atoms with Gasteiger partial charge in [-0.15, -0.1) is 11.3 Å². The molecule has 5 rings (SSSR count). The number of nitrogens with one attached hydrogen (secondary N) is 1. The topological polar surface area (TPSA) is 116 Å². The third-order valence-corrected chi connectivity index (χ3v) is 6.21. The Kier molecular flexibility index (Phi) is 5.71. The highest BCUT2D eigenvalue weighted by molar-refractivity contribution is 7.17. The third-order valence-electron chi connectivity index (χ3n) is 5.30. The zero-order valence-corrected chi connectivity index (χ0v) is 18.5. The number of hydrogen-bond donors (Lipinski definition) is 1. The van der Waals surface area contributed by atoms with Crippen LogP contribution in [0.25, 0.3) is 21.3 Å². The number of benzene rings is 1. The van der Waals surface area contributed by atoms with E-state index in [4.69, 9.17) is 9.47 Å². The summed E-state index contributed by atoms with van der Waals surface area (Å²) in [5.41, 5.74) is 2.94. The van der Waals surface area contributed by atoms with Crippen molar-refractivity contribution < 1.29 is 14.4 Å². The minimum atomic E-state index is -0.403. The van der Waals surface area contributed by atoms with E-state index in [0.29, 0.717) is 30.7 Å². The normalized spacial score (nSPS) is 13.8. The Morgan fingerprint density at radius 1 is 1.21 bits per heavy atom. The molecule has 3 aromatic heterocycles. The van der Waals surface area contributed by atoms with Crippen LogP contribution in [0.15, 0.2) is 48.0 Å². The largest absolute Gasteiger partial charge is 0.479 e. The van der Waals surface area contributed by atoms with Crippen LogP contribution in [0.3, 0.4) is 0 Å². The lowest BCUT2D eigenvalue weighted by atomic mass is 10.1. The molecule has 0 saturated carbocycles. The molecule has 0 bridgehead atoms. The lowest BCUT2D eigenvalue weighted by Gasteiger charge is -2.28. The second kappa shape index (κ2) is 8.96. The molecule has 1 N–H and O–H groups in total. The first-order valence-electron chi connectivity index (χ1n) is 10.3. The second-order valence-corrected chi connectivity index (χ2v) is 8.23. The number of non-ortho nitro benzene ring substituents is 1. The molecule has 168 valence electrons. The van der Waals surface area contributed by atoms with Crippen LogP contribution in [-0.4, -0.2) is 53.3 Å².